The van der Waals surface area contributed by atoms with Crippen molar-refractivity contribution in [2.24, 2.45) is 11.8 Å². The SMILES string of the molecule is Cc1cc(-c2c(C)cc(F)cc2C)cc([C@H](CC(=O)O)NC(=O)[C@@H](CC(C)C)n2cc(CC3CN(C)C3)c(C(F)(F)F)cc2=O)c1F. The Hall–Kier alpha value is -4.06. The highest BCUT2D eigenvalue weighted by Gasteiger charge is 2.37. The molecular formula is C35H40F5N3O4. The highest BCUT2D eigenvalue weighted by Crippen LogP contribution is 2.36. The molecule has 2 N–H and O–H groups in total. The number of amides is 1. The summed E-state index contributed by atoms with van der Waals surface area (Å²) in [6.45, 7) is 9.59. The van der Waals surface area contributed by atoms with Crippen LogP contribution in [0.5, 0.6) is 0 Å². The van der Waals surface area contributed by atoms with E-state index in [1.807, 2.05) is 11.9 Å². The molecule has 1 aromatic heterocycles. The predicted octanol–water partition coefficient (Wildman–Crippen LogP) is 6.76. The maximum Gasteiger partial charge on any atom is 0.416 e. The third-order valence-electron chi connectivity index (χ3n) is 8.59. The Morgan fingerprint density at radius 1 is 1.00 bits per heavy atom. The number of aliphatic carboxylic acids is 1. The summed E-state index contributed by atoms with van der Waals surface area (Å²) in [6, 6.07) is 3.42. The molecule has 1 saturated heterocycles. The summed E-state index contributed by atoms with van der Waals surface area (Å²) >= 11 is 0. The molecule has 1 aliphatic heterocycles. The third-order valence-corrected chi connectivity index (χ3v) is 8.59. The third kappa shape index (κ3) is 8.27. The van der Waals surface area contributed by atoms with Gasteiger partial charge in [-0.1, -0.05) is 13.8 Å². The minimum atomic E-state index is -4.78. The molecule has 1 fully saturated rings. The monoisotopic (exact) mass is 661 g/mol. The van der Waals surface area contributed by atoms with Crippen molar-refractivity contribution in [3.63, 3.8) is 0 Å². The molecule has 7 nitrogen and oxygen atoms in total. The number of carbonyl (C=O) groups is 2. The largest absolute Gasteiger partial charge is 0.481 e. The van der Waals surface area contributed by atoms with Gasteiger partial charge in [-0.25, -0.2) is 8.78 Å². The molecule has 0 unspecified atom stereocenters. The van der Waals surface area contributed by atoms with Crippen LogP contribution >= 0.6 is 0 Å². The van der Waals surface area contributed by atoms with Crippen LogP contribution in [0.3, 0.4) is 0 Å². The minimum Gasteiger partial charge on any atom is -0.481 e. The maximum atomic E-state index is 15.7. The van der Waals surface area contributed by atoms with Gasteiger partial charge >= 0.3 is 12.1 Å². The zero-order chi connectivity index (χ0) is 35.0. The van der Waals surface area contributed by atoms with Crippen LogP contribution < -0.4 is 10.9 Å². The standard InChI is InChI=1S/C35H40F5N3O4/c1-18(2)7-29(43-17-24(11-22-15-42(6)16-22)27(13-30(43)44)35(38,39)40)34(47)41-28(14-31(45)46)26-12-23(8-21(5)33(26)37)32-19(3)9-25(36)10-20(32)4/h8-10,12-13,17-18,22,28-29H,7,11,14-16H2,1-6H3,(H,41,47)(H,45,46)/t28-,29+/m0/s1. The van der Waals surface area contributed by atoms with Gasteiger partial charge in [0.25, 0.3) is 5.56 Å². The second-order valence-electron chi connectivity index (χ2n) is 13.2. The average molecular weight is 662 g/mol. The van der Waals surface area contributed by atoms with Gasteiger partial charge in [0.2, 0.25) is 5.91 Å². The van der Waals surface area contributed by atoms with Crippen molar-refractivity contribution in [2.75, 3.05) is 20.1 Å². The molecule has 3 aromatic rings. The van der Waals surface area contributed by atoms with Crippen molar-refractivity contribution >= 4 is 11.9 Å². The number of likely N-dealkylation sites (tertiary alicyclic amines) is 1. The lowest BCUT2D eigenvalue weighted by atomic mass is 9.90. The molecule has 1 amide bonds. The molecule has 4 rings (SSSR count). The van der Waals surface area contributed by atoms with Gasteiger partial charge in [0, 0.05) is 30.9 Å². The van der Waals surface area contributed by atoms with Crippen LogP contribution in [-0.2, 0) is 22.2 Å². The Bertz CT molecular complexity index is 1700. The van der Waals surface area contributed by atoms with E-state index >= 15 is 4.39 Å². The fourth-order valence-corrected chi connectivity index (χ4v) is 6.57. The maximum absolute atomic E-state index is 15.7. The normalized spacial score (nSPS) is 15.4. The highest BCUT2D eigenvalue weighted by atomic mass is 19.4. The number of hydrogen-bond donors (Lipinski definition) is 2. The Morgan fingerprint density at radius 2 is 1.62 bits per heavy atom. The lowest BCUT2D eigenvalue weighted by Gasteiger charge is -2.37. The zero-order valence-corrected chi connectivity index (χ0v) is 27.3. The van der Waals surface area contributed by atoms with Gasteiger partial charge in [-0.05, 0) is 110 Å². The van der Waals surface area contributed by atoms with Crippen LogP contribution in [0.4, 0.5) is 22.0 Å². The molecule has 2 aromatic carbocycles. The number of nitrogens with zero attached hydrogens (tertiary/aromatic N) is 2. The highest BCUT2D eigenvalue weighted by molar-refractivity contribution is 5.82. The second kappa shape index (κ2) is 14.0. The van der Waals surface area contributed by atoms with Crippen molar-refractivity contribution in [1.29, 1.82) is 0 Å². The first kappa shape index (κ1) is 35.8. The molecule has 0 radical (unpaired) electrons. The number of carboxylic acid groups (broad SMARTS) is 1. The summed E-state index contributed by atoms with van der Waals surface area (Å²) in [7, 11) is 1.85. The number of nitrogens with one attached hydrogen (secondary N) is 1. The van der Waals surface area contributed by atoms with Gasteiger partial charge in [-0.15, -0.1) is 0 Å². The lowest BCUT2D eigenvalue weighted by molar-refractivity contribution is -0.139. The lowest BCUT2D eigenvalue weighted by Crippen LogP contribution is -2.45. The first-order valence-electron chi connectivity index (χ1n) is 15.5. The van der Waals surface area contributed by atoms with Gasteiger partial charge in [0.15, 0.2) is 0 Å². The summed E-state index contributed by atoms with van der Waals surface area (Å²) in [5.41, 5.74) is 0.0832. The van der Waals surface area contributed by atoms with Crippen LogP contribution in [0, 0.1) is 44.2 Å². The van der Waals surface area contributed by atoms with E-state index < -0.39 is 59.3 Å². The predicted molar refractivity (Wildman–Crippen MR) is 168 cm³/mol. The van der Waals surface area contributed by atoms with E-state index in [0.717, 1.165) is 10.8 Å². The molecule has 0 saturated carbocycles. The molecule has 12 heteroatoms. The number of halogens is 5. The van der Waals surface area contributed by atoms with E-state index in [-0.39, 0.29) is 41.4 Å². The molecule has 254 valence electrons. The first-order valence-corrected chi connectivity index (χ1v) is 15.5. The Kier molecular flexibility index (Phi) is 10.6. The summed E-state index contributed by atoms with van der Waals surface area (Å²) in [5.74, 6) is -3.64. The fraction of sp³-hybridized carbons (Fsp3) is 0.457. The molecule has 0 spiro atoms. The number of aromatic nitrogens is 1. The molecule has 47 heavy (non-hydrogen) atoms. The Labute approximate surface area is 270 Å². The van der Waals surface area contributed by atoms with E-state index in [1.165, 1.54) is 25.1 Å². The van der Waals surface area contributed by atoms with E-state index in [2.05, 4.69) is 5.32 Å². The number of carbonyl (C=O) groups excluding carboxylic acids is 1. The second-order valence-corrected chi connectivity index (χ2v) is 13.2. The van der Waals surface area contributed by atoms with Gasteiger partial charge in [-0.3, -0.25) is 14.4 Å². The van der Waals surface area contributed by atoms with Crippen molar-refractivity contribution in [3.8, 4) is 11.1 Å². The van der Waals surface area contributed by atoms with Crippen LogP contribution in [0.1, 0.15) is 72.2 Å². The number of hydrogen-bond acceptors (Lipinski definition) is 4. The number of rotatable bonds is 11. The molecule has 2 atom stereocenters. The van der Waals surface area contributed by atoms with Crippen LogP contribution in [0.2, 0.25) is 0 Å². The zero-order valence-electron chi connectivity index (χ0n) is 27.3. The molecule has 0 bridgehead atoms. The smallest absolute Gasteiger partial charge is 0.416 e. The number of carboxylic acids is 1. The van der Waals surface area contributed by atoms with Gasteiger partial charge in [-0.2, -0.15) is 13.2 Å². The number of aryl methyl sites for hydroxylation is 3. The number of pyridine rings is 1. The topological polar surface area (TPSA) is 91.6 Å². The molecular weight excluding hydrogens is 621 g/mol. The average Bonchev–Trinajstić information content (AvgIpc) is 2.91. The Balaban J connectivity index is 1.79. The van der Waals surface area contributed by atoms with Crippen LogP contribution in [0.15, 0.2) is 41.3 Å². The van der Waals surface area contributed by atoms with Gasteiger partial charge in [0.05, 0.1) is 18.0 Å². The van der Waals surface area contributed by atoms with E-state index in [4.69, 9.17) is 0 Å². The fourth-order valence-electron chi connectivity index (χ4n) is 6.57. The van der Waals surface area contributed by atoms with E-state index in [9.17, 15) is 37.1 Å². The quantitative estimate of drug-likeness (QED) is 0.222. The minimum absolute atomic E-state index is 0.0397. The summed E-state index contributed by atoms with van der Waals surface area (Å²) in [5, 5.41) is 12.4. The van der Waals surface area contributed by atoms with Crippen molar-refractivity contribution < 1.29 is 36.6 Å². The molecule has 0 aliphatic carbocycles. The van der Waals surface area contributed by atoms with Crippen molar-refractivity contribution in [1.82, 2.24) is 14.8 Å². The van der Waals surface area contributed by atoms with E-state index in [0.29, 0.717) is 41.4 Å². The number of alkyl halides is 3. The molecule has 1 aliphatic rings. The summed E-state index contributed by atoms with van der Waals surface area (Å²) in [4.78, 5) is 41.1. The summed E-state index contributed by atoms with van der Waals surface area (Å²) < 4.78 is 72.8. The van der Waals surface area contributed by atoms with Crippen molar-refractivity contribution in [3.05, 3.63) is 91.9 Å². The summed E-state index contributed by atoms with van der Waals surface area (Å²) in [6.07, 6.45) is -4.32. The van der Waals surface area contributed by atoms with E-state index in [1.54, 1.807) is 33.8 Å². The van der Waals surface area contributed by atoms with Gasteiger partial charge < -0.3 is 19.9 Å². The number of benzene rings is 2. The first-order chi connectivity index (χ1) is 21.8. The van der Waals surface area contributed by atoms with Crippen molar-refractivity contribution in [2.45, 2.75) is 72.1 Å². The van der Waals surface area contributed by atoms with Crippen LogP contribution in [0.25, 0.3) is 11.1 Å². The van der Waals surface area contributed by atoms with Crippen LogP contribution in [-0.4, -0.2) is 46.6 Å². The van der Waals surface area contributed by atoms with Gasteiger partial charge in [0.1, 0.15) is 17.7 Å². The Morgan fingerprint density at radius 3 is 2.15 bits per heavy atom. The molecule has 2 heterocycles.